The lowest BCUT2D eigenvalue weighted by molar-refractivity contribution is -0.687. The number of thiazole rings is 1. The molecule has 0 unspecified atom stereocenters. The molecule has 2 aliphatic rings. The molecule has 0 spiro atoms. The summed E-state index contributed by atoms with van der Waals surface area (Å²) in [5.41, 5.74) is 13.0. The monoisotopic (exact) mass is 685 g/mol. The summed E-state index contributed by atoms with van der Waals surface area (Å²) < 4.78 is 4.05. The van der Waals surface area contributed by atoms with Crippen LogP contribution in [0.2, 0.25) is 4.34 Å². The van der Waals surface area contributed by atoms with Crippen LogP contribution in [0, 0.1) is 5.41 Å². The number of nitrogen functional groups attached to an aromatic ring is 2. The number of halogens is 1. The highest BCUT2D eigenvalue weighted by Gasteiger charge is 2.53. The van der Waals surface area contributed by atoms with E-state index in [2.05, 4.69) is 20.0 Å². The number of carbonyl (C=O) groups excluding carboxylic acids is 3. The van der Waals surface area contributed by atoms with Crippen LogP contribution >= 0.6 is 46.0 Å². The number of hydrogen-bond donors (Lipinski definition) is 4. The van der Waals surface area contributed by atoms with Crippen molar-refractivity contribution >= 4 is 91.4 Å². The molecule has 0 saturated carbocycles. The van der Waals surface area contributed by atoms with E-state index >= 15 is 0 Å². The van der Waals surface area contributed by atoms with Crippen molar-refractivity contribution in [1.29, 1.82) is 5.41 Å². The van der Waals surface area contributed by atoms with Crippen molar-refractivity contribution in [2.45, 2.75) is 24.5 Å². The van der Waals surface area contributed by atoms with E-state index in [0.717, 1.165) is 32.0 Å². The first-order chi connectivity index (χ1) is 21.5. The summed E-state index contributed by atoms with van der Waals surface area (Å²) in [5.74, 6) is -2.53. The number of amides is 2. The van der Waals surface area contributed by atoms with Crippen LogP contribution in [0.3, 0.4) is 0 Å². The number of thiophene rings is 1. The second-order valence-electron chi connectivity index (χ2n) is 10.0. The van der Waals surface area contributed by atoms with Crippen LogP contribution in [0.5, 0.6) is 0 Å². The molecule has 0 aliphatic carbocycles. The van der Waals surface area contributed by atoms with Gasteiger partial charge in [0, 0.05) is 39.4 Å². The number of fused-ring (bicyclic) bond motifs is 2. The molecule has 14 nitrogen and oxygen atoms in total. The van der Waals surface area contributed by atoms with Crippen LogP contribution in [0.15, 0.2) is 58.6 Å². The van der Waals surface area contributed by atoms with Gasteiger partial charge in [0.1, 0.15) is 34.4 Å². The first kappa shape index (κ1) is 30.6. The lowest BCUT2D eigenvalue weighted by atomic mass is 10.0. The number of carboxylic acids is 1. The summed E-state index contributed by atoms with van der Waals surface area (Å²) in [4.78, 5) is 49.6. The highest BCUT2D eigenvalue weighted by atomic mass is 35.5. The first-order valence-electron chi connectivity index (χ1n) is 13.2. The maximum atomic E-state index is 13.2. The molecule has 232 valence electrons. The minimum Gasteiger partial charge on any atom is -0.543 e. The first-order valence-corrected chi connectivity index (χ1v) is 16.3. The topological polar surface area (TPSA) is 209 Å². The Bertz CT molecular complexity index is 1950. The van der Waals surface area contributed by atoms with E-state index < -0.39 is 29.2 Å². The minimum absolute atomic E-state index is 0.00836. The standard InChI is InChI=1S/C27H24ClN9O5S3/c1-42-34-18(17-21(28)45-27(31)33-17)23(38)32-19-24(39)37-20(26(40)41)14(11-44-25(19)37)8-35-4-3-16-12(7-35)2-5-36(16)9-15-6-13(10-43-15)22(29)30/h2-7,10,19,25H,8-9,11H2,1H3,(H6-,29,30,31,32,33,38,40,41)/t19-,25-/m1/s1. The summed E-state index contributed by atoms with van der Waals surface area (Å²) in [6.07, 6.45) is 5.72. The SMILES string of the molecule is CON=C(C(=O)N[C@@H]1C(=O)N2C(C(=O)[O-])=C(C[n+]3ccc4c(ccn4Cc4cc(C(=N)N)cs4)c3)CS[C@H]12)c1nc(N)sc1Cl. The fourth-order valence-electron chi connectivity index (χ4n) is 5.17. The maximum Gasteiger partial charge on any atom is 0.276 e. The molecule has 1 fully saturated rings. The van der Waals surface area contributed by atoms with E-state index in [1.807, 2.05) is 46.7 Å². The highest BCUT2D eigenvalue weighted by molar-refractivity contribution is 8.00. The Hall–Kier alpha value is -4.45. The molecule has 6 rings (SSSR count). The van der Waals surface area contributed by atoms with Gasteiger partial charge >= 0.3 is 0 Å². The highest BCUT2D eigenvalue weighted by Crippen LogP contribution is 2.40. The van der Waals surface area contributed by atoms with Crippen LogP contribution in [0.25, 0.3) is 10.9 Å². The molecule has 2 amide bonds. The minimum atomic E-state index is -1.48. The van der Waals surface area contributed by atoms with Crippen LogP contribution < -0.4 is 26.5 Å². The summed E-state index contributed by atoms with van der Waals surface area (Å²) in [6.45, 7) is 0.828. The number of nitrogens with zero attached hydrogens (tertiary/aromatic N) is 5. The molecule has 6 N–H and O–H groups in total. The van der Waals surface area contributed by atoms with Gasteiger partial charge in [-0.15, -0.1) is 23.1 Å². The number of oxime groups is 1. The normalized spacial score (nSPS) is 18.1. The number of thioether (sulfide) groups is 1. The predicted molar refractivity (Wildman–Crippen MR) is 169 cm³/mol. The van der Waals surface area contributed by atoms with Gasteiger partial charge < -0.3 is 36.1 Å². The second-order valence-corrected chi connectivity index (χ2v) is 13.7. The van der Waals surface area contributed by atoms with Crippen LogP contribution in [-0.4, -0.2) is 68.1 Å². The summed E-state index contributed by atoms with van der Waals surface area (Å²) in [5, 5.41) is 28.5. The average molecular weight is 686 g/mol. The van der Waals surface area contributed by atoms with Crippen LogP contribution in [0.1, 0.15) is 16.1 Å². The number of aromatic nitrogens is 3. The van der Waals surface area contributed by atoms with Gasteiger partial charge in [-0.3, -0.25) is 19.9 Å². The van der Waals surface area contributed by atoms with Crippen molar-refractivity contribution in [1.82, 2.24) is 19.8 Å². The quantitative estimate of drug-likeness (QED) is 0.0600. The molecule has 6 heterocycles. The third-order valence-electron chi connectivity index (χ3n) is 7.18. The summed E-state index contributed by atoms with van der Waals surface area (Å²) in [7, 11) is 1.24. The Morgan fingerprint density at radius 2 is 2.18 bits per heavy atom. The van der Waals surface area contributed by atoms with Crippen LogP contribution in [-0.2, 0) is 32.3 Å². The van der Waals surface area contributed by atoms with E-state index in [4.69, 9.17) is 33.3 Å². The molecule has 0 aromatic carbocycles. The molecule has 4 aromatic heterocycles. The van der Waals surface area contributed by atoms with Gasteiger partial charge in [0.15, 0.2) is 29.8 Å². The molecular formula is C27H24ClN9O5S3. The van der Waals surface area contributed by atoms with Gasteiger partial charge in [0.2, 0.25) is 0 Å². The van der Waals surface area contributed by atoms with Crippen molar-refractivity contribution in [2.24, 2.45) is 10.9 Å². The number of carbonyl (C=O) groups is 3. The molecule has 18 heteroatoms. The van der Waals surface area contributed by atoms with Crippen molar-refractivity contribution in [3.05, 3.63) is 73.9 Å². The zero-order valence-corrected chi connectivity index (χ0v) is 26.6. The number of carboxylic acid groups (broad SMARTS) is 1. The van der Waals surface area contributed by atoms with Crippen molar-refractivity contribution < 1.29 is 28.9 Å². The fraction of sp³-hybridized carbons (Fsp3) is 0.222. The zero-order valence-electron chi connectivity index (χ0n) is 23.4. The van der Waals surface area contributed by atoms with Gasteiger partial charge in [0.25, 0.3) is 11.8 Å². The largest absolute Gasteiger partial charge is 0.543 e. The van der Waals surface area contributed by atoms with Gasteiger partial charge in [-0.2, -0.15) is 0 Å². The predicted octanol–water partition coefficient (Wildman–Crippen LogP) is 0.469. The van der Waals surface area contributed by atoms with Crippen molar-refractivity contribution in [3.8, 4) is 0 Å². The van der Waals surface area contributed by atoms with Crippen LogP contribution in [0.4, 0.5) is 5.13 Å². The Balaban J connectivity index is 1.18. The Kier molecular flexibility index (Phi) is 8.25. The average Bonchev–Trinajstić information content (AvgIpc) is 3.72. The van der Waals surface area contributed by atoms with Crippen molar-refractivity contribution in [2.75, 3.05) is 18.6 Å². The summed E-state index contributed by atoms with van der Waals surface area (Å²) >= 11 is 9.95. The van der Waals surface area contributed by atoms with E-state index in [9.17, 15) is 19.5 Å². The smallest absolute Gasteiger partial charge is 0.276 e. The maximum absolute atomic E-state index is 13.2. The van der Waals surface area contributed by atoms with Gasteiger partial charge in [-0.25, -0.2) is 9.55 Å². The number of nitrogens with two attached hydrogens (primary N) is 2. The number of amidine groups is 1. The Morgan fingerprint density at radius 3 is 2.84 bits per heavy atom. The molecule has 2 atom stereocenters. The van der Waals surface area contributed by atoms with E-state index in [0.29, 0.717) is 23.4 Å². The number of aliphatic carboxylic acids is 1. The number of β-lactam (4-membered cyclic amide) rings is 1. The molecule has 2 aliphatic heterocycles. The van der Waals surface area contributed by atoms with Crippen molar-refractivity contribution in [3.63, 3.8) is 0 Å². The number of nitrogens with one attached hydrogen (secondary N) is 2. The molecule has 0 radical (unpaired) electrons. The number of hydrogen-bond acceptors (Lipinski definition) is 12. The van der Waals surface area contributed by atoms with Gasteiger partial charge in [0.05, 0.1) is 29.1 Å². The molecule has 4 aromatic rings. The number of pyridine rings is 1. The van der Waals surface area contributed by atoms with E-state index in [1.54, 1.807) is 0 Å². The zero-order chi connectivity index (χ0) is 32.0. The van der Waals surface area contributed by atoms with E-state index in [1.165, 1.54) is 30.2 Å². The number of anilines is 1. The number of rotatable bonds is 10. The molecule has 45 heavy (non-hydrogen) atoms. The third-order valence-corrected chi connectivity index (χ3v) is 10.5. The fourth-order valence-corrected chi connectivity index (χ4v) is 8.32. The molecule has 1 saturated heterocycles. The lowest BCUT2D eigenvalue weighted by Gasteiger charge is -2.50. The second kappa shape index (κ2) is 12.2. The summed E-state index contributed by atoms with van der Waals surface area (Å²) in [6, 6.07) is 4.78. The third kappa shape index (κ3) is 5.74. The van der Waals surface area contributed by atoms with Gasteiger partial charge in [-0.1, -0.05) is 28.1 Å². The molecule has 0 bridgehead atoms. The molecular weight excluding hydrogens is 662 g/mol. The Labute approximate surface area is 272 Å². The Morgan fingerprint density at radius 1 is 1.38 bits per heavy atom. The van der Waals surface area contributed by atoms with Gasteiger partial charge in [-0.05, 0) is 12.1 Å². The lowest BCUT2D eigenvalue weighted by Crippen LogP contribution is -2.71. The van der Waals surface area contributed by atoms with E-state index in [-0.39, 0.29) is 39.0 Å².